The van der Waals surface area contributed by atoms with Crippen molar-refractivity contribution in [2.45, 2.75) is 13.1 Å². The minimum absolute atomic E-state index is 0.741. The Morgan fingerprint density at radius 3 is 1.77 bits per heavy atom. The predicted octanol–water partition coefficient (Wildman–Crippen LogP) is 11.5. The second-order valence-corrected chi connectivity index (χ2v) is 18.4. The highest BCUT2D eigenvalue weighted by Gasteiger charge is 2.41. The molecule has 9 aromatic rings. The molecule has 0 aliphatic carbocycles. The number of benzene rings is 7. The third-order valence-electron chi connectivity index (χ3n) is 10.7. The molecule has 0 atom stereocenters. The highest BCUT2D eigenvalue weighted by Crippen LogP contribution is 2.40. The molecular formula is C48H34N2OSi. The predicted molar refractivity (Wildman–Crippen MR) is 219 cm³/mol. The molecule has 1 aliphatic heterocycles. The Morgan fingerprint density at radius 2 is 0.981 bits per heavy atom. The smallest absolute Gasteiger partial charge is 0.160 e. The number of aromatic nitrogens is 2. The summed E-state index contributed by atoms with van der Waals surface area (Å²) in [6.07, 6.45) is 0. The van der Waals surface area contributed by atoms with Crippen LogP contribution < -0.4 is 10.5 Å². The highest BCUT2D eigenvalue weighted by molar-refractivity contribution is 7.03. The summed E-state index contributed by atoms with van der Waals surface area (Å²) >= 11 is 0. The van der Waals surface area contributed by atoms with Gasteiger partial charge in [0.2, 0.25) is 0 Å². The summed E-state index contributed by atoms with van der Waals surface area (Å²) in [5.41, 5.74) is 14.4. The van der Waals surface area contributed by atoms with Crippen molar-refractivity contribution in [2.75, 3.05) is 0 Å². The van der Waals surface area contributed by atoms with Crippen LogP contribution in [0.2, 0.25) is 13.1 Å². The number of nitrogens with zero attached hydrogens (tertiary/aromatic N) is 2. The average molecular weight is 683 g/mol. The maximum Gasteiger partial charge on any atom is 0.160 e. The molecule has 2 aromatic heterocycles. The zero-order valence-electron chi connectivity index (χ0n) is 29.0. The van der Waals surface area contributed by atoms with Crippen molar-refractivity contribution in [3.63, 3.8) is 0 Å². The van der Waals surface area contributed by atoms with Gasteiger partial charge in [0.1, 0.15) is 19.2 Å². The van der Waals surface area contributed by atoms with Gasteiger partial charge in [0.25, 0.3) is 0 Å². The molecule has 10 rings (SSSR count). The van der Waals surface area contributed by atoms with Gasteiger partial charge in [0.05, 0.1) is 5.69 Å². The number of fused-ring (bicyclic) bond motifs is 6. The first kappa shape index (κ1) is 30.5. The third kappa shape index (κ3) is 4.87. The third-order valence-corrected chi connectivity index (χ3v) is 14.0. The summed E-state index contributed by atoms with van der Waals surface area (Å²) in [7, 11) is -2.14. The van der Waals surface area contributed by atoms with Gasteiger partial charge in [-0.15, -0.1) is 0 Å². The van der Waals surface area contributed by atoms with Crippen molar-refractivity contribution in [1.29, 1.82) is 0 Å². The number of hydrogen-bond acceptors (Lipinski definition) is 3. The van der Waals surface area contributed by atoms with Crippen LogP contribution in [0, 0.1) is 0 Å². The van der Waals surface area contributed by atoms with Crippen LogP contribution in [0.15, 0.2) is 174 Å². The van der Waals surface area contributed by atoms with Gasteiger partial charge in [-0.3, -0.25) is 0 Å². The van der Waals surface area contributed by atoms with Crippen LogP contribution in [0.5, 0.6) is 0 Å². The molecule has 0 spiro atoms. The van der Waals surface area contributed by atoms with Crippen LogP contribution in [-0.4, -0.2) is 18.0 Å². The summed E-state index contributed by atoms with van der Waals surface area (Å²) < 4.78 is 6.30. The van der Waals surface area contributed by atoms with Gasteiger partial charge in [-0.25, -0.2) is 9.97 Å². The van der Waals surface area contributed by atoms with Gasteiger partial charge in [0.15, 0.2) is 5.82 Å². The fourth-order valence-corrected chi connectivity index (χ4v) is 11.0. The summed E-state index contributed by atoms with van der Waals surface area (Å²) in [6.45, 7) is 4.83. The van der Waals surface area contributed by atoms with Crippen LogP contribution >= 0.6 is 0 Å². The lowest BCUT2D eigenvalue weighted by molar-refractivity contribution is 0.669. The summed E-state index contributed by atoms with van der Waals surface area (Å²) in [5, 5.41) is 4.73. The second-order valence-electron chi connectivity index (χ2n) is 14.2. The molecule has 0 amide bonds. The van der Waals surface area contributed by atoms with Gasteiger partial charge in [-0.05, 0) is 68.4 Å². The summed E-state index contributed by atoms with van der Waals surface area (Å²) in [5.74, 6) is 0.741. The maximum absolute atomic E-state index is 6.30. The van der Waals surface area contributed by atoms with E-state index in [2.05, 4.69) is 165 Å². The largest absolute Gasteiger partial charge is 0.456 e. The molecule has 0 saturated heterocycles. The second kappa shape index (κ2) is 11.9. The molecule has 0 N–H and O–H groups in total. The van der Waals surface area contributed by atoms with Gasteiger partial charge in [-0.2, -0.15) is 0 Å². The van der Waals surface area contributed by atoms with Crippen LogP contribution in [0.1, 0.15) is 0 Å². The summed E-state index contributed by atoms with van der Waals surface area (Å²) in [4.78, 5) is 11.0. The van der Waals surface area contributed by atoms with Crippen molar-refractivity contribution in [2.24, 2.45) is 0 Å². The fraction of sp³-hybridized carbons (Fsp3) is 0.0417. The highest BCUT2D eigenvalue weighted by atomic mass is 28.3. The minimum Gasteiger partial charge on any atom is -0.456 e. The Hall–Kier alpha value is -6.36. The number of para-hydroxylation sites is 1. The molecule has 0 bridgehead atoms. The normalized spacial score (nSPS) is 13.0. The molecule has 3 nitrogen and oxygen atoms in total. The number of hydrogen-bond donors (Lipinski definition) is 0. The van der Waals surface area contributed by atoms with E-state index in [-0.39, 0.29) is 0 Å². The van der Waals surface area contributed by atoms with Crippen LogP contribution in [0.3, 0.4) is 0 Å². The van der Waals surface area contributed by atoms with E-state index in [1.165, 1.54) is 49.4 Å². The Kier molecular flexibility index (Phi) is 6.95. The monoisotopic (exact) mass is 682 g/mol. The van der Waals surface area contributed by atoms with Gasteiger partial charge in [-0.1, -0.05) is 159 Å². The molecule has 246 valence electrons. The van der Waals surface area contributed by atoms with E-state index >= 15 is 0 Å². The Bertz CT molecular complexity index is 2820. The lowest BCUT2D eigenvalue weighted by atomic mass is 9.94. The average Bonchev–Trinajstić information content (AvgIpc) is 3.70. The SMILES string of the molecule is C[Si]1(C)c2ccccc2-c2c(-c3cccc(-c4cccc(-c5ccc(-c6ccccc6)cc5)c4)c3)nc(-c3cccc4oc5ccccc5c34)nc21. The van der Waals surface area contributed by atoms with Crippen molar-refractivity contribution in [3.05, 3.63) is 170 Å². The first-order valence-electron chi connectivity index (χ1n) is 17.8. The van der Waals surface area contributed by atoms with E-state index in [1.807, 2.05) is 18.2 Å². The van der Waals surface area contributed by atoms with Gasteiger partial charge < -0.3 is 4.42 Å². The van der Waals surface area contributed by atoms with Crippen LogP contribution in [0.4, 0.5) is 0 Å². The molecule has 4 heteroatoms. The molecule has 0 radical (unpaired) electrons. The van der Waals surface area contributed by atoms with E-state index in [1.54, 1.807) is 0 Å². The molecule has 0 unspecified atom stereocenters. The Morgan fingerprint density at radius 1 is 0.442 bits per heavy atom. The lowest BCUT2D eigenvalue weighted by Crippen LogP contribution is -2.50. The number of rotatable bonds is 5. The van der Waals surface area contributed by atoms with Crippen LogP contribution in [-0.2, 0) is 0 Å². The first-order valence-corrected chi connectivity index (χ1v) is 20.8. The van der Waals surface area contributed by atoms with Crippen molar-refractivity contribution < 1.29 is 4.42 Å². The van der Waals surface area contributed by atoms with Crippen molar-refractivity contribution in [1.82, 2.24) is 9.97 Å². The quantitative estimate of drug-likeness (QED) is 0.170. The Balaban J connectivity index is 1.12. The van der Waals surface area contributed by atoms with Crippen molar-refractivity contribution >= 4 is 40.5 Å². The summed E-state index contributed by atoms with van der Waals surface area (Å²) in [6, 6.07) is 60.4. The molecule has 3 heterocycles. The first-order chi connectivity index (χ1) is 25.5. The van der Waals surface area contributed by atoms with E-state index in [9.17, 15) is 0 Å². The Labute approximate surface area is 303 Å². The van der Waals surface area contributed by atoms with Crippen molar-refractivity contribution in [3.8, 4) is 67.2 Å². The van der Waals surface area contributed by atoms with E-state index in [0.717, 1.165) is 50.1 Å². The fourth-order valence-electron chi connectivity index (χ4n) is 8.04. The van der Waals surface area contributed by atoms with Gasteiger partial charge in [0, 0.05) is 32.8 Å². The number of furan rings is 1. The molecule has 7 aromatic carbocycles. The maximum atomic E-state index is 6.30. The lowest BCUT2D eigenvalue weighted by Gasteiger charge is -2.19. The zero-order chi connectivity index (χ0) is 34.8. The topological polar surface area (TPSA) is 38.9 Å². The van der Waals surface area contributed by atoms with Gasteiger partial charge >= 0.3 is 0 Å². The molecule has 0 saturated carbocycles. The van der Waals surface area contributed by atoms with E-state index < -0.39 is 8.07 Å². The van der Waals surface area contributed by atoms with E-state index in [0.29, 0.717) is 0 Å². The molecule has 0 fully saturated rings. The van der Waals surface area contributed by atoms with Crippen LogP contribution in [0.25, 0.3) is 89.1 Å². The minimum atomic E-state index is -2.14. The molecular weight excluding hydrogens is 649 g/mol. The molecule has 52 heavy (non-hydrogen) atoms. The zero-order valence-corrected chi connectivity index (χ0v) is 30.0. The molecule has 1 aliphatic rings. The van der Waals surface area contributed by atoms with E-state index in [4.69, 9.17) is 14.4 Å². The standard InChI is InChI=1S/C48H34N2OSi/c1-52(2)43-24-9-7-20-39(43)45-46(49-47(50-48(45)52)40-21-12-23-42-44(40)38-19-6-8-22-41(38)51-42)37-18-11-17-36(30-37)35-16-10-15-34(29-35)33-27-25-32(26-28-33)31-13-4-3-5-14-31/h3-30H,1-2H3.